The van der Waals surface area contributed by atoms with Gasteiger partial charge in [0.15, 0.2) is 0 Å². The van der Waals surface area contributed by atoms with Crippen LogP contribution in [0.3, 0.4) is 0 Å². The van der Waals surface area contributed by atoms with E-state index in [1.165, 1.54) is 5.56 Å². The third kappa shape index (κ3) is 6.08. The number of anilines is 1. The monoisotopic (exact) mass is 343 g/mol. The molecule has 1 N–H and O–H groups in total. The van der Waals surface area contributed by atoms with E-state index in [9.17, 15) is 9.59 Å². The highest BCUT2D eigenvalue weighted by Crippen LogP contribution is 2.14. The maximum absolute atomic E-state index is 11.9. The standard InChI is InChI=1S/C19H21NO3S/c1-2-12-23-19(22)16-8-10-17(11-9-16)20-18(21)14-24-13-15-6-4-3-5-7-15/h3-11H,2,12-14H2,1H3,(H,20,21). The summed E-state index contributed by atoms with van der Waals surface area (Å²) in [7, 11) is 0. The van der Waals surface area contributed by atoms with Crippen molar-refractivity contribution in [3.63, 3.8) is 0 Å². The maximum atomic E-state index is 11.9. The SMILES string of the molecule is CCCOC(=O)c1ccc(NC(=O)CSCc2ccccc2)cc1. The van der Waals surface area contributed by atoms with Gasteiger partial charge in [-0.25, -0.2) is 4.79 Å². The Bertz CT molecular complexity index is 656. The minimum absolute atomic E-state index is 0.0581. The molecule has 2 aromatic rings. The second kappa shape index (κ2) is 9.78. The number of thioether (sulfide) groups is 1. The molecule has 4 nitrogen and oxygen atoms in total. The molecule has 0 unspecified atom stereocenters. The van der Waals surface area contributed by atoms with Gasteiger partial charge in [0.25, 0.3) is 0 Å². The van der Waals surface area contributed by atoms with E-state index in [1.807, 2.05) is 37.3 Å². The summed E-state index contributed by atoms with van der Waals surface area (Å²) in [6, 6.07) is 16.8. The fraction of sp³-hybridized carbons (Fsp3) is 0.263. The van der Waals surface area contributed by atoms with Gasteiger partial charge in [0, 0.05) is 11.4 Å². The highest BCUT2D eigenvalue weighted by atomic mass is 32.2. The van der Waals surface area contributed by atoms with E-state index in [0.29, 0.717) is 23.6 Å². The molecule has 0 radical (unpaired) electrons. The van der Waals surface area contributed by atoms with Crippen LogP contribution < -0.4 is 5.32 Å². The first-order valence-corrected chi connectivity index (χ1v) is 9.03. The number of nitrogens with one attached hydrogen (secondary N) is 1. The number of carbonyl (C=O) groups is 2. The van der Waals surface area contributed by atoms with Crippen LogP contribution in [0.25, 0.3) is 0 Å². The first-order chi connectivity index (χ1) is 11.7. The summed E-state index contributed by atoms with van der Waals surface area (Å²) in [5, 5.41) is 2.83. The molecule has 0 fully saturated rings. The second-order valence-electron chi connectivity index (χ2n) is 5.24. The average molecular weight is 343 g/mol. The largest absolute Gasteiger partial charge is 0.462 e. The number of carbonyl (C=O) groups excluding carboxylic acids is 2. The molecule has 0 atom stereocenters. The molecule has 0 aromatic heterocycles. The van der Waals surface area contributed by atoms with E-state index in [-0.39, 0.29) is 11.9 Å². The second-order valence-corrected chi connectivity index (χ2v) is 6.23. The van der Waals surface area contributed by atoms with Gasteiger partial charge >= 0.3 is 5.97 Å². The van der Waals surface area contributed by atoms with Crippen molar-refractivity contribution in [2.45, 2.75) is 19.1 Å². The molecule has 5 heteroatoms. The predicted octanol–water partition coefficient (Wildman–Crippen LogP) is 4.13. The number of benzene rings is 2. The first-order valence-electron chi connectivity index (χ1n) is 7.87. The molecule has 0 spiro atoms. The molecule has 24 heavy (non-hydrogen) atoms. The quantitative estimate of drug-likeness (QED) is 0.732. The predicted molar refractivity (Wildman–Crippen MR) is 98.2 cm³/mol. The maximum Gasteiger partial charge on any atom is 0.338 e. The number of ether oxygens (including phenoxy) is 1. The van der Waals surface area contributed by atoms with Crippen LogP contribution >= 0.6 is 11.8 Å². The topological polar surface area (TPSA) is 55.4 Å². The lowest BCUT2D eigenvalue weighted by molar-refractivity contribution is -0.113. The molecule has 0 aliphatic carbocycles. The van der Waals surface area contributed by atoms with Gasteiger partial charge in [-0.2, -0.15) is 0 Å². The summed E-state index contributed by atoms with van der Waals surface area (Å²) in [5.74, 6) is 0.788. The van der Waals surface area contributed by atoms with Crippen molar-refractivity contribution in [3.05, 3.63) is 65.7 Å². The van der Waals surface area contributed by atoms with Crippen LogP contribution in [-0.4, -0.2) is 24.2 Å². The first kappa shape index (κ1) is 18.1. The van der Waals surface area contributed by atoms with E-state index in [2.05, 4.69) is 5.32 Å². The van der Waals surface area contributed by atoms with Crippen LogP contribution in [0, 0.1) is 0 Å². The number of rotatable bonds is 8. The van der Waals surface area contributed by atoms with Gasteiger partial charge < -0.3 is 10.1 Å². The highest BCUT2D eigenvalue weighted by molar-refractivity contribution is 7.99. The van der Waals surface area contributed by atoms with Crippen LogP contribution in [0.2, 0.25) is 0 Å². The van der Waals surface area contributed by atoms with E-state index in [4.69, 9.17) is 4.74 Å². The Hall–Kier alpha value is -2.27. The lowest BCUT2D eigenvalue weighted by Gasteiger charge is -2.07. The third-order valence-corrected chi connectivity index (χ3v) is 4.19. The Morgan fingerprint density at radius 3 is 2.42 bits per heavy atom. The zero-order valence-corrected chi connectivity index (χ0v) is 14.5. The summed E-state index contributed by atoms with van der Waals surface area (Å²) in [4.78, 5) is 23.6. The summed E-state index contributed by atoms with van der Waals surface area (Å²) in [6.45, 7) is 2.36. The molecule has 126 valence electrons. The van der Waals surface area contributed by atoms with Crippen molar-refractivity contribution < 1.29 is 14.3 Å². The summed E-state index contributed by atoms with van der Waals surface area (Å²) in [6.07, 6.45) is 0.792. The number of hydrogen-bond donors (Lipinski definition) is 1. The van der Waals surface area contributed by atoms with E-state index < -0.39 is 0 Å². The lowest BCUT2D eigenvalue weighted by atomic mass is 10.2. The van der Waals surface area contributed by atoms with Gasteiger partial charge in [-0.15, -0.1) is 11.8 Å². The van der Waals surface area contributed by atoms with Crippen LogP contribution in [0.5, 0.6) is 0 Å². The molecule has 0 bridgehead atoms. The van der Waals surface area contributed by atoms with Gasteiger partial charge in [-0.1, -0.05) is 37.3 Å². The fourth-order valence-corrected chi connectivity index (χ4v) is 2.79. The lowest BCUT2D eigenvalue weighted by Crippen LogP contribution is -2.14. The normalized spacial score (nSPS) is 10.2. The molecule has 0 saturated carbocycles. The smallest absolute Gasteiger partial charge is 0.338 e. The molecule has 0 aliphatic heterocycles. The molecule has 2 aromatic carbocycles. The number of esters is 1. The number of amides is 1. The van der Waals surface area contributed by atoms with Gasteiger partial charge in [-0.3, -0.25) is 4.79 Å². The fourth-order valence-electron chi connectivity index (χ4n) is 2.00. The molecule has 0 aliphatic rings. The minimum Gasteiger partial charge on any atom is -0.462 e. The molecule has 0 heterocycles. The Balaban J connectivity index is 1.76. The van der Waals surface area contributed by atoms with E-state index >= 15 is 0 Å². The Labute approximate surface area is 146 Å². The zero-order chi connectivity index (χ0) is 17.2. The van der Waals surface area contributed by atoms with Crippen molar-refractivity contribution in [1.29, 1.82) is 0 Å². The molecule has 2 rings (SSSR count). The highest BCUT2D eigenvalue weighted by Gasteiger charge is 2.07. The van der Waals surface area contributed by atoms with Crippen molar-refractivity contribution in [3.8, 4) is 0 Å². The summed E-state index contributed by atoms with van der Waals surface area (Å²) >= 11 is 1.56. The van der Waals surface area contributed by atoms with Gasteiger partial charge in [0.2, 0.25) is 5.91 Å². The van der Waals surface area contributed by atoms with Gasteiger partial charge in [0.05, 0.1) is 17.9 Å². The van der Waals surface area contributed by atoms with Crippen molar-refractivity contribution in [2.75, 3.05) is 17.7 Å². The molecule has 0 saturated heterocycles. The molecular weight excluding hydrogens is 322 g/mol. The van der Waals surface area contributed by atoms with Crippen molar-refractivity contribution in [2.24, 2.45) is 0 Å². The molecular formula is C19H21NO3S. The van der Waals surface area contributed by atoms with Gasteiger partial charge in [0.1, 0.15) is 0 Å². The minimum atomic E-state index is -0.340. The Kier molecular flexibility index (Phi) is 7.36. The Morgan fingerprint density at radius 1 is 1.04 bits per heavy atom. The third-order valence-electron chi connectivity index (χ3n) is 3.19. The van der Waals surface area contributed by atoms with Crippen molar-refractivity contribution >= 4 is 29.3 Å². The molecule has 1 amide bonds. The summed E-state index contributed by atoms with van der Waals surface area (Å²) in [5.41, 5.74) is 2.36. The summed E-state index contributed by atoms with van der Waals surface area (Å²) < 4.78 is 5.06. The van der Waals surface area contributed by atoms with Crippen LogP contribution in [0.15, 0.2) is 54.6 Å². The Morgan fingerprint density at radius 2 is 1.75 bits per heavy atom. The van der Waals surface area contributed by atoms with Crippen LogP contribution in [0.1, 0.15) is 29.3 Å². The number of hydrogen-bond acceptors (Lipinski definition) is 4. The van der Waals surface area contributed by atoms with E-state index in [0.717, 1.165) is 12.2 Å². The van der Waals surface area contributed by atoms with Crippen LogP contribution in [0.4, 0.5) is 5.69 Å². The average Bonchev–Trinajstić information content (AvgIpc) is 2.61. The van der Waals surface area contributed by atoms with Crippen LogP contribution in [-0.2, 0) is 15.3 Å². The zero-order valence-electron chi connectivity index (χ0n) is 13.7. The van der Waals surface area contributed by atoms with E-state index in [1.54, 1.807) is 36.0 Å². The van der Waals surface area contributed by atoms with Gasteiger partial charge in [-0.05, 0) is 36.2 Å². The van der Waals surface area contributed by atoms with Crippen molar-refractivity contribution in [1.82, 2.24) is 0 Å².